The highest BCUT2D eigenvalue weighted by molar-refractivity contribution is 6.30. The van der Waals surface area contributed by atoms with Crippen LogP contribution < -0.4 is 0 Å². The minimum absolute atomic E-state index is 0.0589. The average Bonchev–Trinajstić information content (AvgIpc) is 2.85. The van der Waals surface area contributed by atoms with E-state index in [0.29, 0.717) is 19.3 Å². The second kappa shape index (κ2) is 6.08. The second-order valence-corrected chi connectivity index (χ2v) is 10.0. The zero-order chi connectivity index (χ0) is 18.9. The first-order chi connectivity index (χ1) is 12.2. The highest BCUT2D eigenvalue weighted by Gasteiger charge is 2.67. The molecule has 0 spiro atoms. The molecule has 0 saturated heterocycles. The van der Waals surface area contributed by atoms with Crippen LogP contribution in [-0.2, 0) is 0 Å². The Hall–Kier alpha value is -0.340. The molecule has 0 bridgehead atoms. The lowest BCUT2D eigenvalue weighted by Gasteiger charge is -2.62. The molecule has 3 N–H and O–H groups in total. The van der Waals surface area contributed by atoms with Crippen LogP contribution in [0.25, 0.3) is 0 Å². The van der Waals surface area contributed by atoms with E-state index < -0.39 is 24.0 Å². The highest BCUT2D eigenvalue weighted by Crippen LogP contribution is 2.68. The monoisotopic (exact) mass is 384 g/mol. The summed E-state index contributed by atoms with van der Waals surface area (Å²) in [6.07, 6.45) is 2.04. The van der Waals surface area contributed by atoms with Crippen LogP contribution in [0.3, 0.4) is 0 Å². The van der Waals surface area contributed by atoms with Crippen LogP contribution in [0.1, 0.15) is 58.8 Å². The smallest absolute Gasteiger partial charge is 0.132 e. The van der Waals surface area contributed by atoms with Gasteiger partial charge in [0, 0.05) is 16.7 Å². The Morgan fingerprint density at radius 1 is 0.962 bits per heavy atom. The fourth-order valence-electron chi connectivity index (χ4n) is 7.51. The summed E-state index contributed by atoms with van der Waals surface area (Å²) < 4.78 is 14.8. The molecule has 0 heterocycles. The molecule has 4 aliphatic rings. The van der Waals surface area contributed by atoms with Crippen molar-refractivity contribution in [3.8, 4) is 11.3 Å². The van der Waals surface area contributed by atoms with Gasteiger partial charge < -0.3 is 15.3 Å². The topological polar surface area (TPSA) is 60.7 Å². The lowest BCUT2D eigenvalue weighted by Crippen LogP contribution is -2.62. The summed E-state index contributed by atoms with van der Waals surface area (Å²) in [5.41, 5.74) is -1.68. The van der Waals surface area contributed by atoms with E-state index in [1.807, 2.05) is 0 Å². The molecule has 4 saturated carbocycles. The van der Waals surface area contributed by atoms with Gasteiger partial charge in [-0.05, 0) is 79.7 Å². The van der Waals surface area contributed by atoms with Crippen molar-refractivity contribution in [1.82, 2.24) is 0 Å². The van der Waals surface area contributed by atoms with Gasteiger partial charge in [-0.3, -0.25) is 0 Å². The van der Waals surface area contributed by atoms with Crippen molar-refractivity contribution in [3.63, 3.8) is 0 Å². The summed E-state index contributed by atoms with van der Waals surface area (Å²) in [6.45, 7) is 4.26. The van der Waals surface area contributed by atoms with Crippen molar-refractivity contribution in [2.45, 2.75) is 82.8 Å². The summed E-state index contributed by atoms with van der Waals surface area (Å²) in [7, 11) is 0. The van der Waals surface area contributed by atoms with Gasteiger partial charge in [0.1, 0.15) is 11.8 Å². The third-order valence-electron chi connectivity index (χ3n) is 9.10. The first-order valence-electron chi connectivity index (χ1n) is 10.0. The summed E-state index contributed by atoms with van der Waals surface area (Å²) in [6, 6.07) is 0. The van der Waals surface area contributed by atoms with E-state index in [2.05, 4.69) is 25.1 Å². The number of aliphatic hydroxyl groups excluding tert-OH is 2. The molecule has 1 unspecified atom stereocenters. The van der Waals surface area contributed by atoms with Crippen LogP contribution in [0.15, 0.2) is 0 Å². The van der Waals surface area contributed by atoms with Gasteiger partial charge in [0.15, 0.2) is 0 Å². The molecular weight excluding hydrogens is 355 g/mol. The molecule has 146 valence electrons. The van der Waals surface area contributed by atoms with Crippen LogP contribution in [0, 0.1) is 45.8 Å². The maximum absolute atomic E-state index is 14.8. The second-order valence-electron chi connectivity index (χ2n) is 9.83. The van der Waals surface area contributed by atoms with Crippen LogP contribution in [-0.4, -0.2) is 39.3 Å². The largest absolute Gasteiger partial charge is 0.393 e. The molecular formula is C21H30ClFO3. The van der Waals surface area contributed by atoms with Crippen LogP contribution in [0.2, 0.25) is 0 Å². The van der Waals surface area contributed by atoms with E-state index in [4.69, 9.17) is 11.6 Å². The van der Waals surface area contributed by atoms with E-state index in [1.165, 1.54) is 0 Å². The molecule has 4 aliphatic carbocycles. The van der Waals surface area contributed by atoms with Gasteiger partial charge in [-0.2, -0.15) is 0 Å². The summed E-state index contributed by atoms with van der Waals surface area (Å²) in [5, 5.41) is 34.6. The van der Waals surface area contributed by atoms with Gasteiger partial charge in [0.25, 0.3) is 0 Å². The molecule has 0 aromatic rings. The average molecular weight is 385 g/mol. The van der Waals surface area contributed by atoms with E-state index in [9.17, 15) is 19.7 Å². The summed E-state index contributed by atoms with van der Waals surface area (Å²) >= 11 is 5.64. The van der Waals surface area contributed by atoms with Gasteiger partial charge in [0.2, 0.25) is 0 Å². The molecule has 0 amide bonds. The molecule has 26 heavy (non-hydrogen) atoms. The Morgan fingerprint density at radius 3 is 2.35 bits per heavy atom. The lowest BCUT2D eigenvalue weighted by molar-refractivity contribution is -0.200. The maximum Gasteiger partial charge on any atom is 0.132 e. The molecule has 0 aromatic heterocycles. The Balaban J connectivity index is 1.70. The van der Waals surface area contributed by atoms with Gasteiger partial charge in [0.05, 0.1) is 12.2 Å². The van der Waals surface area contributed by atoms with Gasteiger partial charge in [-0.15, -0.1) is 0 Å². The first kappa shape index (κ1) is 19.0. The third kappa shape index (κ3) is 2.30. The number of fused-ring (bicyclic) bond motifs is 5. The Labute approximate surface area is 160 Å². The van der Waals surface area contributed by atoms with Gasteiger partial charge in [-0.25, -0.2) is 4.39 Å². The van der Waals surface area contributed by atoms with Crippen LogP contribution in [0.5, 0.6) is 0 Å². The summed E-state index contributed by atoms with van der Waals surface area (Å²) in [4.78, 5) is 0. The first-order valence-corrected chi connectivity index (χ1v) is 10.4. The SMILES string of the molecule is C[C@]12CC[C@H](O)[C@@H](F)C1C[C@H](O)[C@@H]1[C@@H]2CC[C@@]2(C)[C@H]1CC[C@@]2(O)C#CCl. The van der Waals surface area contributed by atoms with Crippen molar-refractivity contribution < 1.29 is 19.7 Å². The Morgan fingerprint density at radius 2 is 1.65 bits per heavy atom. The van der Waals surface area contributed by atoms with Crippen molar-refractivity contribution in [2.24, 2.45) is 34.5 Å². The minimum atomic E-state index is -1.25. The zero-order valence-corrected chi connectivity index (χ0v) is 16.3. The number of aliphatic hydroxyl groups is 3. The molecule has 10 atom stereocenters. The molecule has 3 nitrogen and oxygen atoms in total. The van der Waals surface area contributed by atoms with Crippen LogP contribution in [0.4, 0.5) is 4.39 Å². The number of alkyl halides is 1. The van der Waals surface area contributed by atoms with Crippen LogP contribution >= 0.6 is 11.6 Å². The van der Waals surface area contributed by atoms with E-state index in [0.717, 1.165) is 25.7 Å². The number of hydrogen-bond donors (Lipinski definition) is 3. The lowest BCUT2D eigenvalue weighted by atomic mass is 9.43. The van der Waals surface area contributed by atoms with Gasteiger partial charge in [-0.1, -0.05) is 19.8 Å². The number of halogens is 2. The van der Waals surface area contributed by atoms with Gasteiger partial charge >= 0.3 is 0 Å². The maximum atomic E-state index is 14.8. The minimum Gasteiger partial charge on any atom is -0.393 e. The van der Waals surface area contributed by atoms with E-state index in [-0.39, 0.29) is 34.5 Å². The predicted molar refractivity (Wildman–Crippen MR) is 98.0 cm³/mol. The Bertz CT molecular complexity index is 647. The normalized spacial score (nSPS) is 58.8. The van der Waals surface area contributed by atoms with Crippen molar-refractivity contribution >= 4 is 11.6 Å². The third-order valence-corrected chi connectivity index (χ3v) is 9.20. The van der Waals surface area contributed by atoms with E-state index >= 15 is 0 Å². The predicted octanol–water partition coefficient (Wildman–Crippen LogP) is 3.24. The molecule has 5 heteroatoms. The van der Waals surface area contributed by atoms with Crippen molar-refractivity contribution in [3.05, 3.63) is 0 Å². The zero-order valence-electron chi connectivity index (χ0n) is 15.6. The highest BCUT2D eigenvalue weighted by atomic mass is 35.5. The quantitative estimate of drug-likeness (QED) is 0.562. The Kier molecular flexibility index (Phi) is 4.44. The standard InChI is InChI=1S/C21H30ClFO3/c1-19-6-5-15(24)18(23)14(19)11-16(25)17-12(19)3-7-20(2)13(17)4-8-21(20,26)9-10-22/h12-18,24-26H,3-8,11H2,1-2H3/t12-,13-,14?,15-,16-,17+,18-,19+,20-,21+/m0/s1. The number of hydrogen-bond acceptors (Lipinski definition) is 3. The molecule has 0 aromatic carbocycles. The molecule has 4 fully saturated rings. The molecule has 0 radical (unpaired) electrons. The molecule has 0 aliphatic heterocycles. The van der Waals surface area contributed by atoms with Crippen molar-refractivity contribution in [1.29, 1.82) is 0 Å². The molecule has 4 rings (SSSR count). The summed E-state index contributed by atoms with van der Waals surface area (Å²) in [5.74, 6) is 3.02. The van der Waals surface area contributed by atoms with E-state index in [1.54, 1.807) is 0 Å². The number of rotatable bonds is 0. The fraction of sp³-hybridized carbons (Fsp3) is 0.905. The van der Waals surface area contributed by atoms with Crippen molar-refractivity contribution in [2.75, 3.05) is 0 Å². The fourth-order valence-corrected chi connectivity index (χ4v) is 7.67.